The molecule has 1 aromatic heterocycles. The number of aromatic carboxylic acids is 1. The smallest absolute Gasteiger partial charge is 0.336 e. The molecule has 0 spiro atoms. The van der Waals surface area contributed by atoms with E-state index in [0.29, 0.717) is 12.2 Å². The van der Waals surface area contributed by atoms with Gasteiger partial charge in [0.25, 0.3) is 5.91 Å². The molecule has 2 aromatic carbocycles. The number of rotatable bonds is 9. The maximum atomic E-state index is 12.6. The van der Waals surface area contributed by atoms with Crippen molar-refractivity contribution in [3.05, 3.63) is 71.0 Å². The summed E-state index contributed by atoms with van der Waals surface area (Å²) < 4.78 is 2.19. The van der Waals surface area contributed by atoms with Crippen LogP contribution in [0.2, 0.25) is 0 Å². The van der Waals surface area contributed by atoms with Crippen molar-refractivity contribution in [2.75, 3.05) is 5.32 Å². The van der Waals surface area contributed by atoms with Crippen molar-refractivity contribution in [3.8, 4) is 0 Å². The molecule has 0 fully saturated rings. The van der Waals surface area contributed by atoms with Crippen molar-refractivity contribution in [2.45, 2.75) is 63.4 Å². The summed E-state index contributed by atoms with van der Waals surface area (Å²) in [5.74, 6) is -0.607. The highest BCUT2D eigenvalue weighted by Crippen LogP contribution is 2.31. The van der Waals surface area contributed by atoms with E-state index in [-0.39, 0.29) is 15.9 Å². The Hall–Kier alpha value is -3.13. The molecule has 0 atom stereocenters. The number of carboxylic acid groups (broad SMARTS) is 1. The lowest BCUT2D eigenvalue weighted by atomic mass is 10.1. The van der Waals surface area contributed by atoms with E-state index in [0.717, 1.165) is 35.8 Å². The highest BCUT2D eigenvalue weighted by molar-refractivity contribution is 8.00. The van der Waals surface area contributed by atoms with Gasteiger partial charge < -0.3 is 15.0 Å². The number of carbonyl (C=O) groups excluding carboxylic acids is 1. The summed E-state index contributed by atoms with van der Waals surface area (Å²) in [6.07, 6.45) is 3.03. The Kier molecular flexibility index (Phi) is 7.92. The van der Waals surface area contributed by atoms with Gasteiger partial charge in [-0.15, -0.1) is 10.2 Å². The van der Waals surface area contributed by atoms with Crippen LogP contribution >= 0.6 is 11.8 Å². The molecule has 0 radical (unpaired) electrons. The first-order chi connectivity index (χ1) is 15.7. The third-order valence-electron chi connectivity index (χ3n) is 4.90. The van der Waals surface area contributed by atoms with Crippen LogP contribution in [-0.2, 0) is 13.0 Å². The van der Waals surface area contributed by atoms with Gasteiger partial charge in [0.2, 0.25) is 0 Å². The van der Waals surface area contributed by atoms with Crippen LogP contribution in [0.3, 0.4) is 0 Å². The number of thioether (sulfide) groups is 1. The van der Waals surface area contributed by atoms with Gasteiger partial charge in [0, 0.05) is 16.9 Å². The molecule has 0 unspecified atom stereocenters. The standard InChI is InChI=1S/C25H30N4O3S/c1-5-6-11-21-27-28-24(33-25(2,3)4)29(21)16-17-12-14-18(15-13-17)26-22(30)19-9-7-8-10-20(19)23(31)32/h7-10,12-15H,5-6,11,16H2,1-4H3,(H,26,30)(H,31,32). The van der Waals surface area contributed by atoms with Crippen molar-refractivity contribution in [1.82, 2.24) is 14.8 Å². The second-order valence-electron chi connectivity index (χ2n) is 8.80. The second-order valence-corrected chi connectivity index (χ2v) is 10.6. The number of benzene rings is 2. The average molecular weight is 467 g/mol. The lowest BCUT2D eigenvalue weighted by Crippen LogP contribution is -2.16. The SMILES string of the molecule is CCCCc1nnc(SC(C)(C)C)n1Cc1ccc(NC(=O)c2ccccc2C(=O)O)cc1. The molecule has 0 bridgehead atoms. The predicted molar refractivity (Wildman–Crippen MR) is 131 cm³/mol. The largest absolute Gasteiger partial charge is 0.478 e. The number of aromatic nitrogens is 3. The van der Waals surface area contributed by atoms with Crippen LogP contribution in [0.5, 0.6) is 0 Å². The number of aryl methyl sites for hydroxylation is 1. The highest BCUT2D eigenvalue weighted by atomic mass is 32.2. The average Bonchev–Trinajstić information content (AvgIpc) is 3.12. The van der Waals surface area contributed by atoms with Crippen LogP contribution in [0, 0.1) is 0 Å². The molecule has 7 nitrogen and oxygen atoms in total. The number of anilines is 1. The summed E-state index contributed by atoms with van der Waals surface area (Å²) in [6.45, 7) is 9.26. The highest BCUT2D eigenvalue weighted by Gasteiger charge is 2.20. The van der Waals surface area contributed by atoms with Crippen LogP contribution in [0.1, 0.15) is 72.6 Å². The predicted octanol–water partition coefficient (Wildman–Crippen LogP) is 5.51. The number of hydrogen-bond donors (Lipinski definition) is 2. The quantitative estimate of drug-likeness (QED) is 0.404. The fourth-order valence-electron chi connectivity index (χ4n) is 3.29. The maximum absolute atomic E-state index is 12.6. The Bertz CT molecular complexity index is 1120. The van der Waals surface area contributed by atoms with Gasteiger partial charge in [-0.05, 0) is 36.2 Å². The summed E-state index contributed by atoms with van der Waals surface area (Å²) >= 11 is 1.70. The third-order valence-corrected chi connectivity index (χ3v) is 6.00. The van der Waals surface area contributed by atoms with Crippen LogP contribution in [-0.4, -0.2) is 36.5 Å². The molecule has 0 aliphatic rings. The number of carboxylic acids is 1. The minimum absolute atomic E-state index is 0.0210. The molecule has 0 saturated heterocycles. The Morgan fingerprint density at radius 3 is 2.30 bits per heavy atom. The molecular formula is C25H30N4O3S. The van der Waals surface area contributed by atoms with E-state index in [9.17, 15) is 14.7 Å². The van der Waals surface area contributed by atoms with Gasteiger partial charge >= 0.3 is 5.97 Å². The van der Waals surface area contributed by atoms with Gasteiger partial charge in [0.1, 0.15) is 5.82 Å². The lowest BCUT2D eigenvalue weighted by molar-refractivity contribution is 0.0692. The first kappa shape index (κ1) is 24.5. The van der Waals surface area contributed by atoms with Gasteiger partial charge in [-0.25, -0.2) is 4.79 Å². The summed E-state index contributed by atoms with van der Waals surface area (Å²) in [4.78, 5) is 24.0. The topological polar surface area (TPSA) is 97.1 Å². The van der Waals surface area contributed by atoms with Crippen molar-refractivity contribution < 1.29 is 14.7 Å². The number of hydrogen-bond acceptors (Lipinski definition) is 5. The van der Waals surface area contributed by atoms with Gasteiger partial charge in [0.15, 0.2) is 5.16 Å². The molecular weight excluding hydrogens is 436 g/mol. The molecule has 8 heteroatoms. The minimum Gasteiger partial charge on any atom is -0.478 e. The van der Waals surface area contributed by atoms with Crippen LogP contribution in [0.4, 0.5) is 5.69 Å². The molecule has 0 saturated carbocycles. The van der Waals surface area contributed by atoms with Gasteiger partial charge in [-0.3, -0.25) is 4.79 Å². The van der Waals surface area contributed by atoms with E-state index >= 15 is 0 Å². The summed E-state index contributed by atoms with van der Waals surface area (Å²) in [7, 11) is 0. The number of nitrogens with zero attached hydrogens (tertiary/aromatic N) is 3. The number of amides is 1. The van der Waals surface area contributed by atoms with Crippen molar-refractivity contribution in [1.29, 1.82) is 0 Å². The molecule has 0 aliphatic heterocycles. The Morgan fingerprint density at radius 2 is 1.70 bits per heavy atom. The van der Waals surface area contributed by atoms with Crippen LogP contribution in [0.25, 0.3) is 0 Å². The fraction of sp³-hybridized carbons (Fsp3) is 0.360. The van der Waals surface area contributed by atoms with Gasteiger partial charge in [0.05, 0.1) is 17.7 Å². The van der Waals surface area contributed by atoms with E-state index in [1.54, 1.807) is 23.9 Å². The number of unbranched alkanes of at least 4 members (excludes halogenated alkanes) is 1. The Morgan fingerprint density at radius 1 is 1.03 bits per heavy atom. The number of carbonyl (C=O) groups is 2. The van der Waals surface area contributed by atoms with E-state index in [2.05, 4.69) is 47.8 Å². The molecule has 1 heterocycles. The van der Waals surface area contributed by atoms with E-state index in [1.807, 2.05) is 24.3 Å². The zero-order valence-electron chi connectivity index (χ0n) is 19.5. The van der Waals surface area contributed by atoms with E-state index in [4.69, 9.17) is 0 Å². The normalized spacial score (nSPS) is 11.4. The molecule has 0 aliphatic carbocycles. The number of nitrogens with one attached hydrogen (secondary N) is 1. The Labute approximate surface area is 198 Å². The molecule has 3 rings (SSSR count). The fourth-order valence-corrected chi connectivity index (χ4v) is 4.20. The Balaban J connectivity index is 1.76. The zero-order valence-corrected chi connectivity index (χ0v) is 20.3. The zero-order chi connectivity index (χ0) is 24.0. The summed E-state index contributed by atoms with van der Waals surface area (Å²) in [5, 5.41) is 21.9. The van der Waals surface area contributed by atoms with Crippen LogP contribution < -0.4 is 5.32 Å². The first-order valence-electron chi connectivity index (χ1n) is 11.0. The maximum Gasteiger partial charge on any atom is 0.336 e. The monoisotopic (exact) mass is 466 g/mol. The van der Waals surface area contributed by atoms with E-state index < -0.39 is 11.9 Å². The molecule has 3 aromatic rings. The lowest BCUT2D eigenvalue weighted by Gasteiger charge is -2.18. The third kappa shape index (κ3) is 6.68. The summed E-state index contributed by atoms with van der Waals surface area (Å²) in [6, 6.07) is 13.7. The molecule has 174 valence electrons. The van der Waals surface area contributed by atoms with Crippen molar-refractivity contribution in [2.24, 2.45) is 0 Å². The molecule has 33 heavy (non-hydrogen) atoms. The van der Waals surface area contributed by atoms with Gasteiger partial charge in [-0.2, -0.15) is 0 Å². The molecule has 1 amide bonds. The molecule has 2 N–H and O–H groups in total. The first-order valence-corrected chi connectivity index (χ1v) is 11.8. The van der Waals surface area contributed by atoms with Gasteiger partial charge in [-0.1, -0.05) is 70.1 Å². The summed E-state index contributed by atoms with van der Waals surface area (Å²) in [5.41, 5.74) is 1.76. The van der Waals surface area contributed by atoms with Crippen LogP contribution in [0.15, 0.2) is 53.7 Å². The van der Waals surface area contributed by atoms with E-state index in [1.165, 1.54) is 12.1 Å². The van der Waals surface area contributed by atoms with Crippen molar-refractivity contribution >= 4 is 29.3 Å². The second kappa shape index (κ2) is 10.7. The van der Waals surface area contributed by atoms with Crippen molar-refractivity contribution in [3.63, 3.8) is 0 Å². The minimum atomic E-state index is -1.13.